The molecule has 0 aliphatic carbocycles. The van der Waals surface area contributed by atoms with Gasteiger partial charge in [-0.25, -0.2) is 4.79 Å². The molecule has 1 atom stereocenters. The van der Waals surface area contributed by atoms with Gasteiger partial charge in [0.2, 0.25) is 0 Å². The Hall–Kier alpha value is -2.34. The van der Waals surface area contributed by atoms with Crippen LogP contribution < -0.4 is 10.1 Å². The van der Waals surface area contributed by atoms with Gasteiger partial charge in [0.1, 0.15) is 17.9 Å². The van der Waals surface area contributed by atoms with E-state index in [1.807, 2.05) is 55.5 Å². The van der Waals surface area contributed by atoms with Crippen LogP contribution >= 0.6 is 15.9 Å². The molecule has 1 aliphatic rings. The van der Waals surface area contributed by atoms with Crippen LogP contribution in [0.5, 0.6) is 5.75 Å². The van der Waals surface area contributed by atoms with Gasteiger partial charge in [-0.1, -0.05) is 51.8 Å². The van der Waals surface area contributed by atoms with Crippen molar-refractivity contribution < 1.29 is 14.3 Å². The molecule has 2 aromatic carbocycles. The summed E-state index contributed by atoms with van der Waals surface area (Å²) in [5.74, 6) is 0.418. The molecule has 0 radical (unpaired) electrons. The number of hydrogen-bond acceptors (Lipinski definition) is 3. The highest BCUT2D eigenvalue weighted by atomic mass is 79.9. The molecule has 1 heterocycles. The predicted molar refractivity (Wildman–Crippen MR) is 98.4 cm³/mol. The second-order valence-electron chi connectivity index (χ2n) is 6.18. The van der Waals surface area contributed by atoms with Crippen LogP contribution in [-0.4, -0.2) is 30.0 Å². The Morgan fingerprint density at radius 3 is 2.56 bits per heavy atom. The highest BCUT2D eigenvalue weighted by Gasteiger charge is 2.48. The van der Waals surface area contributed by atoms with Crippen LogP contribution in [0.2, 0.25) is 0 Å². The summed E-state index contributed by atoms with van der Waals surface area (Å²) in [5.41, 5.74) is 0.829. The zero-order chi connectivity index (χ0) is 18.0. The van der Waals surface area contributed by atoms with E-state index in [-0.39, 0.29) is 19.1 Å². The van der Waals surface area contributed by atoms with Crippen LogP contribution in [-0.2, 0) is 10.3 Å². The van der Waals surface area contributed by atoms with E-state index in [1.54, 1.807) is 6.92 Å². The molecule has 1 N–H and O–H groups in total. The number of nitrogens with zero attached hydrogens (tertiary/aromatic N) is 1. The monoisotopic (exact) mass is 402 g/mol. The molecule has 6 heteroatoms. The first-order chi connectivity index (χ1) is 11.9. The third kappa shape index (κ3) is 3.54. The number of imide groups is 1. The van der Waals surface area contributed by atoms with Gasteiger partial charge in [-0.15, -0.1) is 0 Å². The molecule has 0 aromatic heterocycles. The second kappa shape index (κ2) is 6.88. The average Bonchev–Trinajstić information content (AvgIpc) is 2.79. The SMILES string of the molecule is Cc1ccc([C@]2(C)NC(=O)N(CCOc3cccc(Br)c3)C2=O)cc1. The van der Waals surface area contributed by atoms with Crippen molar-refractivity contribution >= 4 is 27.9 Å². The molecule has 25 heavy (non-hydrogen) atoms. The molecular formula is C19H19BrN2O3. The Morgan fingerprint density at radius 2 is 1.88 bits per heavy atom. The first-order valence-corrected chi connectivity index (χ1v) is 8.79. The van der Waals surface area contributed by atoms with Crippen LogP contribution in [0.3, 0.4) is 0 Å². The number of carbonyl (C=O) groups excluding carboxylic acids is 2. The first-order valence-electron chi connectivity index (χ1n) is 8.00. The van der Waals surface area contributed by atoms with Crippen LogP contribution in [0, 0.1) is 6.92 Å². The lowest BCUT2D eigenvalue weighted by Crippen LogP contribution is -2.41. The van der Waals surface area contributed by atoms with Gasteiger partial charge in [-0.2, -0.15) is 0 Å². The lowest BCUT2D eigenvalue weighted by atomic mass is 9.91. The van der Waals surface area contributed by atoms with E-state index in [0.717, 1.165) is 15.6 Å². The zero-order valence-corrected chi connectivity index (χ0v) is 15.7. The maximum Gasteiger partial charge on any atom is 0.325 e. The Balaban J connectivity index is 1.68. The fourth-order valence-corrected chi connectivity index (χ4v) is 3.17. The predicted octanol–water partition coefficient (Wildman–Crippen LogP) is 3.60. The molecule has 3 amide bonds. The number of nitrogens with one attached hydrogen (secondary N) is 1. The maximum absolute atomic E-state index is 12.8. The minimum absolute atomic E-state index is 0.193. The minimum Gasteiger partial charge on any atom is -0.492 e. The number of urea groups is 1. The molecule has 5 nitrogen and oxygen atoms in total. The van der Waals surface area contributed by atoms with E-state index in [4.69, 9.17) is 4.74 Å². The van der Waals surface area contributed by atoms with E-state index in [1.165, 1.54) is 4.90 Å². The summed E-state index contributed by atoms with van der Waals surface area (Å²) < 4.78 is 6.54. The molecule has 0 spiro atoms. The second-order valence-corrected chi connectivity index (χ2v) is 7.10. The third-order valence-electron chi connectivity index (χ3n) is 4.28. The molecule has 1 aliphatic heterocycles. The number of hydrogen-bond donors (Lipinski definition) is 1. The largest absolute Gasteiger partial charge is 0.492 e. The van der Waals surface area contributed by atoms with Crippen molar-refractivity contribution in [2.75, 3.05) is 13.2 Å². The fourth-order valence-electron chi connectivity index (χ4n) is 2.79. The highest BCUT2D eigenvalue weighted by Crippen LogP contribution is 2.29. The van der Waals surface area contributed by atoms with Crippen molar-refractivity contribution in [3.8, 4) is 5.75 Å². The lowest BCUT2D eigenvalue weighted by Gasteiger charge is -2.22. The number of carbonyl (C=O) groups is 2. The molecule has 0 saturated carbocycles. The van der Waals surface area contributed by atoms with Gasteiger partial charge in [0.25, 0.3) is 5.91 Å². The van der Waals surface area contributed by atoms with Gasteiger partial charge in [0, 0.05) is 4.47 Å². The molecule has 0 bridgehead atoms. The van der Waals surface area contributed by atoms with E-state index < -0.39 is 11.6 Å². The molecule has 1 saturated heterocycles. The standard InChI is InChI=1S/C19H19BrN2O3/c1-13-6-8-14(9-7-13)19(2)17(23)22(18(24)21-19)10-11-25-16-5-3-4-15(20)12-16/h3-9,12H,10-11H2,1-2H3,(H,21,24)/t19-/m0/s1. The Bertz CT molecular complexity index is 807. The number of aryl methyl sites for hydroxylation is 1. The Kier molecular flexibility index (Phi) is 4.81. The van der Waals surface area contributed by atoms with E-state index in [0.29, 0.717) is 5.75 Å². The van der Waals surface area contributed by atoms with Crippen LogP contribution in [0.1, 0.15) is 18.1 Å². The maximum atomic E-state index is 12.8. The summed E-state index contributed by atoms with van der Waals surface area (Å²) in [4.78, 5) is 26.3. The number of halogens is 1. The van der Waals surface area contributed by atoms with Crippen molar-refractivity contribution in [1.29, 1.82) is 0 Å². The van der Waals surface area contributed by atoms with Gasteiger partial charge >= 0.3 is 6.03 Å². The Morgan fingerprint density at radius 1 is 1.16 bits per heavy atom. The van der Waals surface area contributed by atoms with Gasteiger partial charge in [0.15, 0.2) is 0 Å². The fraction of sp³-hybridized carbons (Fsp3) is 0.263. The summed E-state index contributed by atoms with van der Waals surface area (Å²) in [5, 5.41) is 2.80. The number of amides is 3. The van der Waals surface area contributed by atoms with Gasteiger partial charge < -0.3 is 10.1 Å². The zero-order valence-electron chi connectivity index (χ0n) is 14.1. The number of ether oxygens (including phenoxy) is 1. The van der Waals surface area contributed by atoms with Gasteiger partial charge in [-0.05, 0) is 37.6 Å². The first kappa shape index (κ1) is 17.5. The van der Waals surface area contributed by atoms with Crippen molar-refractivity contribution in [1.82, 2.24) is 10.2 Å². The van der Waals surface area contributed by atoms with Crippen LogP contribution in [0.4, 0.5) is 4.79 Å². The molecule has 0 unspecified atom stereocenters. The van der Waals surface area contributed by atoms with Gasteiger partial charge in [0.05, 0.1) is 6.54 Å². The summed E-state index contributed by atoms with van der Waals surface area (Å²) >= 11 is 3.38. The topological polar surface area (TPSA) is 58.6 Å². The molecule has 3 rings (SSSR count). The number of benzene rings is 2. The number of rotatable bonds is 5. The normalized spacial score (nSPS) is 19.9. The van der Waals surface area contributed by atoms with E-state index in [2.05, 4.69) is 21.2 Å². The molecule has 1 fully saturated rings. The Labute approximate surface area is 155 Å². The quantitative estimate of drug-likeness (QED) is 0.777. The summed E-state index contributed by atoms with van der Waals surface area (Å²) in [7, 11) is 0. The molecular weight excluding hydrogens is 384 g/mol. The average molecular weight is 403 g/mol. The van der Waals surface area contributed by atoms with Crippen molar-refractivity contribution in [3.63, 3.8) is 0 Å². The van der Waals surface area contributed by atoms with Crippen molar-refractivity contribution in [3.05, 3.63) is 64.1 Å². The molecule has 2 aromatic rings. The third-order valence-corrected chi connectivity index (χ3v) is 4.78. The minimum atomic E-state index is -1.04. The smallest absolute Gasteiger partial charge is 0.325 e. The molecule has 130 valence electrons. The summed E-state index contributed by atoms with van der Waals surface area (Å²) in [6, 6.07) is 14.6. The van der Waals surface area contributed by atoms with Gasteiger partial charge in [-0.3, -0.25) is 9.69 Å². The van der Waals surface area contributed by atoms with Crippen molar-refractivity contribution in [2.24, 2.45) is 0 Å². The summed E-state index contributed by atoms with van der Waals surface area (Å²) in [6.07, 6.45) is 0. The van der Waals surface area contributed by atoms with E-state index >= 15 is 0 Å². The van der Waals surface area contributed by atoms with E-state index in [9.17, 15) is 9.59 Å². The highest BCUT2D eigenvalue weighted by molar-refractivity contribution is 9.10. The van der Waals surface area contributed by atoms with Crippen molar-refractivity contribution in [2.45, 2.75) is 19.4 Å². The lowest BCUT2D eigenvalue weighted by molar-refractivity contribution is -0.131. The van der Waals surface area contributed by atoms with Crippen LogP contribution in [0.15, 0.2) is 53.0 Å². The summed E-state index contributed by atoms with van der Waals surface area (Å²) in [6.45, 7) is 4.14. The van der Waals surface area contributed by atoms with Crippen LogP contribution in [0.25, 0.3) is 0 Å².